The second-order valence-electron chi connectivity index (χ2n) is 7.90. The molecule has 152 valence electrons. The molecule has 2 heteroatoms. The molecular formula is C27H32O2. The van der Waals surface area contributed by atoms with Crippen LogP contribution in [0.5, 0.6) is 17.2 Å². The largest absolute Gasteiger partial charge is 0.504 e. The highest BCUT2D eigenvalue weighted by atomic mass is 16.5. The van der Waals surface area contributed by atoms with Crippen LogP contribution in [0.15, 0.2) is 66.7 Å². The average molecular weight is 389 g/mol. The zero-order valence-corrected chi connectivity index (χ0v) is 17.8. The first-order valence-corrected chi connectivity index (χ1v) is 10.8. The lowest BCUT2D eigenvalue weighted by Crippen LogP contribution is -1.99. The first-order chi connectivity index (χ1) is 14.1. The van der Waals surface area contributed by atoms with E-state index in [2.05, 4.69) is 57.2 Å². The lowest BCUT2D eigenvalue weighted by molar-refractivity contribution is 0.410. The molecule has 0 saturated heterocycles. The van der Waals surface area contributed by atoms with Crippen molar-refractivity contribution in [2.45, 2.75) is 58.8 Å². The Kier molecular flexibility index (Phi) is 7.35. The van der Waals surface area contributed by atoms with Crippen LogP contribution in [-0.2, 0) is 19.3 Å². The molecule has 0 amide bonds. The van der Waals surface area contributed by atoms with Crippen LogP contribution >= 0.6 is 0 Å². The van der Waals surface area contributed by atoms with E-state index >= 15 is 0 Å². The zero-order chi connectivity index (χ0) is 20.6. The van der Waals surface area contributed by atoms with Gasteiger partial charge in [-0.1, -0.05) is 76.1 Å². The van der Waals surface area contributed by atoms with Gasteiger partial charge in [0, 0.05) is 0 Å². The van der Waals surface area contributed by atoms with Gasteiger partial charge in [-0.15, -0.1) is 0 Å². The van der Waals surface area contributed by atoms with Crippen LogP contribution in [-0.4, -0.2) is 5.11 Å². The molecule has 0 fully saturated rings. The van der Waals surface area contributed by atoms with Gasteiger partial charge in [0.15, 0.2) is 11.5 Å². The van der Waals surface area contributed by atoms with Crippen LogP contribution in [0.3, 0.4) is 0 Å². The summed E-state index contributed by atoms with van der Waals surface area (Å²) in [7, 11) is 0. The zero-order valence-electron chi connectivity index (χ0n) is 17.8. The third-order valence-corrected chi connectivity index (χ3v) is 5.31. The van der Waals surface area contributed by atoms with Crippen molar-refractivity contribution in [1.82, 2.24) is 0 Å². The third kappa shape index (κ3) is 5.87. The molecule has 29 heavy (non-hydrogen) atoms. The van der Waals surface area contributed by atoms with Gasteiger partial charge in [0.25, 0.3) is 0 Å². The molecular weight excluding hydrogens is 356 g/mol. The highest BCUT2D eigenvalue weighted by Crippen LogP contribution is 2.32. The van der Waals surface area contributed by atoms with E-state index in [4.69, 9.17) is 4.74 Å². The van der Waals surface area contributed by atoms with Crippen LogP contribution < -0.4 is 4.74 Å². The summed E-state index contributed by atoms with van der Waals surface area (Å²) < 4.78 is 5.93. The summed E-state index contributed by atoms with van der Waals surface area (Å²) >= 11 is 0. The van der Waals surface area contributed by atoms with Gasteiger partial charge < -0.3 is 9.84 Å². The molecule has 0 heterocycles. The van der Waals surface area contributed by atoms with Gasteiger partial charge in [0.1, 0.15) is 5.75 Å². The Morgan fingerprint density at radius 3 is 2.14 bits per heavy atom. The Balaban J connectivity index is 1.66. The third-order valence-electron chi connectivity index (χ3n) is 5.31. The van der Waals surface area contributed by atoms with Gasteiger partial charge in [0.2, 0.25) is 0 Å². The van der Waals surface area contributed by atoms with E-state index in [1.807, 2.05) is 24.3 Å². The van der Waals surface area contributed by atoms with E-state index in [0.29, 0.717) is 11.7 Å². The smallest absolute Gasteiger partial charge is 0.169 e. The maximum Gasteiger partial charge on any atom is 0.169 e. The van der Waals surface area contributed by atoms with Gasteiger partial charge in [-0.25, -0.2) is 0 Å². The standard InChI is InChI=1S/C27H32O2/c1-4-7-21-9-6-10-24(18-21)20(3)17-23-11-14-25(15-12-23)29-27-19-22(8-5-2)13-16-26(27)28/h6,9-16,18-20,28H,4-5,7-8,17H2,1-3H3. The monoisotopic (exact) mass is 388 g/mol. The molecule has 0 aliphatic heterocycles. The highest BCUT2D eigenvalue weighted by molar-refractivity contribution is 5.45. The maximum absolute atomic E-state index is 10.1. The summed E-state index contributed by atoms with van der Waals surface area (Å²) in [4.78, 5) is 0. The van der Waals surface area contributed by atoms with Crippen molar-refractivity contribution in [3.05, 3.63) is 89.0 Å². The number of aryl methyl sites for hydroxylation is 2. The van der Waals surface area contributed by atoms with E-state index in [0.717, 1.165) is 31.4 Å². The molecule has 1 unspecified atom stereocenters. The van der Waals surface area contributed by atoms with Crippen molar-refractivity contribution in [2.24, 2.45) is 0 Å². The number of benzene rings is 3. The van der Waals surface area contributed by atoms with Crippen molar-refractivity contribution in [2.75, 3.05) is 0 Å². The number of aromatic hydroxyl groups is 1. The topological polar surface area (TPSA) is 29.5 Å². The molecule has 0 aliphatic rings. The quantitative estimate of drug-likeness (QED) is 0.413. The molecule has 0 aromatic heterocycles. The summed E-state index contributed by atoms with van der Waals surface area (Å²) in [6, 6.07) is 22.8. The molecule has 0 radical (unpaired) electrons. The number of rotatable bonds is 9. The van der Waals surface area contributed by atoms with E-state index in [1.54, 1.807) is 6.07 Å². The SMILES string of the molecule is CCCc1cccc(C(C)Cc2ccc(Oc3cc(CCC)ccc3O)cc2)c1. The predicted octanol–water partition coefficient (Wildman–Crippen LogP) is 7.44. The van der Waals surface area contributed by atoms with Crippen LogP contribution in [0, 0.1) is 0 Å². The lowest BCUT2D eigenvalue weighted by Gasteiger charge is -2.14. The molecule has 0 spiro atoms. The Hall–Kier alpha value is -2.74. The van der Waals surface area contributed by atoms with Gasteiger partial charge in [-0.2, -0.15) is 0 Å². The Bertz CT molecular complexity index is 912. The fraction of sp³-hybridized carbons (Fsp3) is 0.333. The summed E-state index contributed by atoms with van der Waals surface area (Å²) in [5.41, 5.74) is 5.28. The first-order valence-electron chi connectivity index (χ1n) is 10.8. The minimum absolute atomic E-state index is 0.175. The molecule has 3 aromatic carbocycles. The van der Waals surface area contributed by atoms with Gasteiger partial charge in [-0.3, -0.25) is 0 Å². The number of phenols is 1. The van der Waals surface area contributed by atoms with Crippen LogP contribution in [0.1, 0.15) is 61.8 Å². The summed E-state index contributed by atoms with van der Waals surface area (Å²) in [5, 5.41) is 10.1. The van der Waals surface area contributed by atoms with E-state index < -0.39 is 0 Å². The second-order valence-corrected chi connectivity index (χ2v) is 7.90. The molecule has 1 atom stereocenters. The first kappa shape index (κ1) is 21.0. The van der Waals surface area contributed by atoms with Gasteiger partial charge in [-0.05, 0) is 71.7 Å². The van der Waals surface area contributed by atoms with Crippen molar-refractivity contribution >= 4 is 0 Å². The molecule has 2 nitrogen and oxygen atoms in total. The minimum Gasteiger partial charge on any atom is -0.504 e. The number of ether oxygens (including phenoxy) is 1. The second kappa shape index (κ2) is 10.2. The molecule has 0 saturated carbocycles. The summed E-state index contributed by atoms with van der Waals surface area (Å²) in [6.45, 7) is 6.65. The number of phenolic OH excluding ortho intramolecular Hbond substituents is 1. The van der Waals surface area contributed by atoms with Crippen LogP contribution in [0.25, 0.3) is 0 Å². The molecule has 0 bridgehead atoms. The fourth-order valence-corrected chi connectivity index (χ4v) is 3.72. The van der Waals surface area contributed by atoms with Gasteiger partial charge in [0.05, 0.1) is 0 Å². The van der Waals surface area contributed by atoms with E-state index in [9.17, 15) is 5.11 Å². The van der Waals surface area contributed by atoms with Crippen molar-refractivity contribution in [3.8, 4) is 17.2 Å². The predicted molar refractivity (Wildman–Crippen MR) is 121 cm³/mol. The van der Waals surface area contributed by atoms with Crippen molar-refractivity contribution in [1.29, 1.82) is 0 Å². The lowest BCUT2D eigenvalue weighted by atomic mass is 9.92. The van der Waals surface area contributed by atoms with Crippen LogP contribution in [0.4, 0.5) is 0 Å². The normalized spacial score (nSPS) is 12.0. The molecule has 3 rings (SSSR count). The Labute approximate surface area is 175 Å². The van der Waals surface area contributed by atoms with Crippen LogP contribution in [0.2, 0.25) is 0 Å². The highest BCUT2D eigenvalue weighted by Gasteiger charge is 2.09. The Morgan fingerprint density at radius 2 is 1.45 bits per heavy atom. The van der Waals surface area contributed by atoms with Gasteiger partial charge >= 0.3 is 0 Å². The van der Waals surface area contributed by atoms with Crippen molar-refractivity contribution < 1.29 is 9.84 Å². The average Bonchev–Trinajstić information content (AvgIpc) is 2.72. The molecule has 0 aliphatic carbocycles. The van der Waals surface area contributed by atoms with E-state index in [1.165, 1.54) is 28.7 Å². The maximum atomic E-state index is 10.1. The van der Waals surface area contributed by atoms with E-state index in [-0.39, 0.29) is 5.75 Å². The number of hydrogen-bond acceptors (Lipinski definition) is 2. The Morgan fingerprint density at radius 1 is 0.793 bits per heavy atom. The fourth-order valence-electron chi connectivity index (χ4n) is 3.72. The summed E-state index contributed by atoms with van der Waals surface area (Å²) in [6.07, 6.45) is 5.35. The molecule has 1 N–H and O–H groups in total. The van der Waals surface area contributed by atoms with Crippen molar-refractivity contribution in [3.63, 3.8) is 0 Å². The summed E-state index contributed by atoms with van der Waals surface area (Å²) in [5.74, 6) is 1.91. The molecule has 3 aromatic rings. The minimum atomic E-state index is 0.175. The number of hydrogen-bond donors (Lipinski definition) is 1.